The lowest BCUT2D eigenvalue weighted by atomic mass is 9.87. The molecule has 0 saturated carbocycles. The summed E-state index contributed by atoms with van der Waals surface area (Å²) < 4.78 is 0. The van der Waals surface area contributed by atoms with Crippen LogP contribution in [0.3, 0.4) is 0 Å². The minimum Gasteiger partial charge on any atom is -0.393 e. The maximum atomic E-state index is 12.2. The van der Waals surface area contributed by atoms with Crippen molar-refractivity contribution >= 4 is 17.5 Å². The molecule has 2 N–H and O–H groups in total. The van der Waals surface area contributed by atoms with Crippen LogP contribution in [0.2, 0.25) is 5.15 Å². The van der Waals surface area contributed by atoms with Gasteiger partial charge in [-0.15, -0.1) is 0 Å². The van der Waals surface area contributed by atoms with E-state index < -0.39 is 6.10 Å². The molecule has 1 amide bonds. The van der Waals surface area contributed by atoms with Crippen molar-refractivity contribution in [2.75, 3.05) is 6.54 Å². The smallest absolute Gasteiger partial charge is 0.254 e. The number of carbonyl (C=O) groups is 1. The minimum absolute atomic E-state index is 0.178. The number of pyridine rings is 1. The zero-order chi connectivity index (χ0) is 15.5. The van der Waals surface area contributed by atoms with E-state index in [-0.39, 0.29) is 16.5 Å². The molecule has 5 heteroatoms. The number of aryl methyl sites for hydroxylation is 2. The molecule has 1 heterocycles. The van der Waals surface area contributed by atoms with Gasteiger partial charge in [-0.25, -0.2) is 4.98 Å². The number of hydrogen-bond acceptors (Lipinski definition) is 3. The molecule has 0 aliphatic heterocycles. The molecule has 0 saturated heterocycles. The van der Waals surface area contributed by atoms with E-state index in [9.17, 15) is 9.90 Å². The number of nitrogens with one attached hydrogen (secondary N) is 1. The van der Waals surface area contributed by atoms with E-state index >= 15 is 0 Å². The van der Waals surface area contributed by atoms with Gasteiger partial charge in [0.2, 0.25) is 0 Å². The molecule has 1 atom stereocenters. The van der Waals surface area contributed by atoms with Gasteiger partial charge in [-0.1, -0.05) is 25.4 Å². The molecule has 20 heavy (non-hydrogen) atoms. The van der Waals surface area contributed by atoms with E-state index in [0.717, 1.165) is 11.3 Å². The van der Waals surface area contributed by atoms with Crippen LogP contribution >= 0.6 is 11.6 Å². The predicted octanol–water partition coefficient (Wildman–Crippen LogP) is 2.88. The Labute approximate surface area is 125 Å². The molecule has 0 bridgehead atoms. The van der Waals surface area contributed by atoms with Crippen LogP contribution in [0, 0.1) is 19.3 Å². The van der Waals surface area contributed by atoms with Crippen molar-refractivity contribution in [2.24, 2.45) is 5.41 Å². The lowest BCUT2D eigenvalue weighted by Crippen LogP contribution is -2.36. The molecule has 0 radical (unpaired) electrons. The summed E-state index contributed by atoms with van der Waals surface area (Å²) in [6.45, 7) is 9.90. The third-order valence-electron chi connectivity index (χ3n) is 3.10. The highest BCUT2D eigenvalue weighted by molar-refractivity contribution is 6.32. The van der Waals surface area contributed by atoms with Crippen LogP contribution < -0.4 is 5.32 Å². The average molecular weight is 299 g/mol. The van der Waals surface area contributed by atoms with Crippen LogP contribution in [-0.2, 0) is 0 Å². The summed E-state index contributed by atoms with van der Waals surface area (Å²) in [6.07, 6.45) is 0.222. The molecule has 0 fully saturated rings. The van der Waals surface area contributed by atoms with E-state index in [2.05, 4.69) is 10.3 Å². The quantitative estimate of drug-likeness (QED) is 0.822. The van der Waals surface area contributed by atoms with E-state index in [1.165, 1.54) is 0 Å². The van der Waals surface area contributed by atoms with Gasteiger partial charge in [0, 0.05) is 12.2 Å². The largest absolute Gasteiger partial charge is 0.393 e. The highest BCUT2D eigenvalue weighted by Gasteiger charge is 2.23. The Balaban J connectivity index is 2.78. The number of rotatable bonds is 5. The molecule has 1 unspecified atom stereocenters. The van der Waals surface area contributed by atoms with Crippen LogP contribution in [0.4, 0.5) is 0 Å². The Hall–Kier alpha value is -1.13. The first-order valence-corrected chi connectivity index (χ1v) is 7.10. The summed E-state index contributed by atoms with van der Waals surface area (Å²) in [5.74, 6) is -0.223. The Morgan fingerprint density at radius 3 is 2.60 bits per heavy atom. The van der Waals surface area contributed by atoms with Crippen molar-refractivity contribution < 1.29 is 9.90 Å². The molecule has 1 aromatic heterocycles. The first-order chi connectivity index (χ1) is 9.12. The molecule has 1 aromatic rings. The molecule has 0 aliphatic rings. The van der Waals surface area contributed by atoms with Gasteiger partial charge in [-0.3, -0.25) is 4.79 Å². The van der Waals surface area contributed by atoms with Gasteiger partial charge in [0.25, 0.3) is 5.91 Å². The van der Waals surface area contributed by atoms with Crippen molar-refractivity contribution in [1.82, 2.24) is 10.3 Å². The fourth-order valence-corrected chi connectivity index (χ4v) is 2.71. The van der Waals surface area contributed by atoms with Crippen molar-refractivity contribution in [3.05, 3.63) is 28.0 Å². The molecular weight excluding hydrogens is 276 g/mol. The van der Waals surface area contributed by atoms with Crippen molar-refractivity contribution in [2.45, 2.75) is 47.1 Å². The topological polar surface area (TPSA) is 62.2 Å². The number of carbonyl (C=O) groups excluding carboxylic acids is 1. The highest BCUT2D eigenvalue weighted by Crippen LogP contribution is 2.22. The minimum atomic E-state index is -0.395. The summed E-state index contributed by atoms with van der Waals surface area (Å²) >= 11 is 6.05. The zero-order valence-corrected chi connectivity index (χ0v) is 13.5. The molecule has 1 rings (SSSR count). The van der Waals surface area contributed by atoms with E-state index in [0.29, 0.717) is 18.5 Å². The Kier molecular flexibility index (Phi) is 5.54. The molecule has 4 nitrogen and oxygen atoms in total. The molecular formula is C15H23ClN2O2. The Morgan fingerprint density at radius 1 is 1.50 bits per heavy atom. The van der Waals surface area contributed by atoms with Crippen LogP contribution in [0.5, 0.6) is 0 Å². The molecule has 0 aliphatic carbocycles. The number of halogens is 1. The number of nitrogens with zero attached hydrogens (tertiary/aromatic N) is 1. The number of amides is 1. The summed E-state index contributed by atoms with van der Waals surface area (Å²) in [5.41, 5.74) is 1.85. The van der Waals surface area contributed by atoms with Crippen molar-refractivity contribution in [3.8, 4) is 0 Å². The van der Waals surface area contributed by atoms with Crippen molar-refractivity contribution in [3.63, 3.8) is 0 Å². The lowest BCUT2D eigenvalue weighted by molar-refractivity contribution is 0.0901. The number of aliphatic hydroxyl groups excluding tert-OH is 1. The van der Waals surface area contributed by atoms with Crippen LogP contribution in [0.15, 0.2) is 6.07 Å². The molecule has 0 spiro atoms. The average Bonchev–Trinajstić information content (AvgIpc) is 2.23. The molecule has 0 aromatic carbocycles. The summed E-state index contributed by atoms with van der Waals surface area (Å²) in [4.78, 5) is 16.3. The fraction of sp³-hybridized carbons (Fsp3) is 0.600. The van der Waals surface area contributed by atoms with Gasteiger partial charge in [-0.05, 0) is 44.2 Å². The second-order valence-electron chi connectivity index (χ2n) is 6.15. The standard InChI is InChI=1S/C15H23ClN2O2/c1-9-6-10(2)18-13(16)12(9)14(20)17-8-15(4,5)7-11(3)19/h6,11,19H,7-8H2,1-5H3,(H,17,20). The SMILES string of the molecule is Cc1cc(C)c(C(=O)NCC(C)(C)CC(C)O)c(Cl)n1. The van der Waals surface area contributed by atoms with Gasteiger partial charge >= 0.3 is 0 Å². The normalized spacial score (nSPS) is 13.2. The maximum Gasteiger partial charge on any atom is 0.254 e. The second kappa shape index (κ2) is 6.55. The Morgan fingerprint density at radius 2 is 2.10 bits per heavy atom. The first-order valence-electron chi connectivity index (χ1n) is 6.72. The summed E-state index contributed by atoms with van der Waals surface area (Å²) in [7, 11) is 0. The zero-order valence-electron chi connectivity index (χ0n) is 12.7. The number of aliphatic hydroxyl groups is 1. The van der Waals surface area contributed by atoms with Crippen LogP contribution in [0.25, 0.3) is 0 Å². The van der Waals surface area contributed by atoms with E-state index in [4.69, 9.17) is 11.6 Å². The number of aromatic nitrogens is 1. The summed E-state index contributed by atoms with van der Waals surface area (Å²) in [6, 6.07) is 1.84. The lowest BCUT2D eigenvalue weighted by Gasteiger charge is -2.26. The van der Waals surface area contributed by atoms with Gasteiger partial charge in [0.15, 0.2) is 0 Å². The predicted molar refractivity (Wildman–Crippen MR) is 81.1 cm³/mol. The van der Waals surface area contributed by atoms with Gasteiger partial charge in [0.1, 0.15) is 5.15 Å². The maximum absolute atomic E-state index is 12.2. The first kappa shape index (κ1) is 16.9. The van der Waals surface area contributed by atoms with Crippen molar-refractivity contribution in [1.29, 1.82) is 0 Å². The third-order valence-corrected chi connectivity index (χ3v) is 3.38. The van der Waals surface area contributed by atoms with Gasteiger partial charge in [-0.2, -0.15) is 0 Å². The third kappa shape index (κ3) is 4.76. The molecule has 112 valence electrons. The van der Waals surface area contributed by atoms with Crippen LogP contribution in [0.1, 0.15) is 48.8 Å². The van der Waals surface area contributed by atoms with Crippen LogP contribution in [-0.4, -0.2) is 28.6 Å². The van der Waals surface area contributed by atoms with E-state index in [1.54, 1.807) is 6.92 Å². The summed E-state index contributed by atoms with van der Waals surface area (Å²) in [5, 5.41) is 12.5. The Bertz CT molecular complexity index is 476. The highest BCUT2D eigenvalue weighted by atomic mass is 35.5. The fourth-order valence-electron chi connectivity index (χ4n) is 2.34. The monoisotopic (exact) mass is 298 g/mol. The number of hydrogen-bond donors (Lipinski definition) is 2. The van der Waals surface area contributed by atoms with Gasteiger partial charge in [0.05, 0.1) is 11.7 Å². The van der Waals surface area contributed by atoms with Gasteiger partial charge < -0.3 is 10.4 Å². The van der Waals surface area contributed by atoms with E-state index in [1.807, 2.05) is 33.8 Å². The second-order valence-corrected chi connectivity index (χ2v) is 6.50.